The van der Waals surface area contributed by atoms with Crippen molar-refractivity contribution in [2.75, 3.05) is 11.1 Å². The quantitative estimate of drug-likeness (QED) is 0.706. The molecule has 0 radical (unpaired) electrons. The van der Waals surface area contributed by atoms with E-state index in [-0.39, 0.29) is 17.4 Å². The van der Waals surface area contributed by atoms with E-state index in [1.54, 1.807) is 17.7 Å². The van der Waals surface area contributed by atoms with Gasteiger partial charge in [0.25, 0.3) is 5.56 Å². The van der Waals surface area contributed by atoms with Crippen molar-refractivity contribution >= 4 is 34.3 Å². The molecule has 0 bridgehead atoms. The molecule has 0 saturated heterocycles. The maximum atomic E-state index is 12.8. The fourth-order valence-corrected chi connectivity index (χ4v) is 4.11. The molecule has 3 heterocycles. The van der Waals surface area contributed by atoms with Gasteiger partial charge < -0.3 is 5.32 Å². The standard InChI is InChI=1S/C19H18N4O2S/c1-11-8-20-19-23(18(11)25)9-13(10-26-19)17(24)22-16-5-3-4-15-14(16)7-6-12(2)21-15/h3-8,13H,9-10H2,1-2H3,(H,22,24). The van der Waals surface area contributed by atoms with Crippen LogP contribution in [0.2, 0.25) is 0 Å². The summed E-state index contributed by atoms with van der Waals surface area (Å²) in [5, 5.41) is 4.59. The number of amides is 1. The number of hydrogen-bond donors (Lipinski definition) is 1. The number of carbonyl (C=O) groups excluding carboxylic acids is 1. The third-order valence-corrected chi connectivity index (χ3v) is 5.65. The number of nitrogens with one attached hydrogen (secondary N) is 1. The number of benzene rings is 1. The first-order valence-corrected chi connectivity index (χ1v) is 9.38. The molecular weight excluding hydrogens is 348 g/mol. The molecule has 1 aliphatic rings. The molecule has 2 aromatic heterocycles. The van der Waals surface area contributed by atoms with Gasteiger partial charge in [0.1, 0.15) is 0 Å². The molecule has 1 atom stereocenters. The van der Waals surface area contributed by atoms with Gasteiger partial charge >= 0.3 is 0 Å². The number of aromatic nitrogens is 3. The summed E-state index contributed by atoms with van der Waals surface area (Å²) >= 11 is 1.44. The van der Waals surface area contributed by atoms with Crippen LogP contribution in [0.4, 0.5) is 5.69 Å². The van der Waals surface area contributed by atoms with Crippen LogP contribution in [-0.2, 0) is 11.3 Å². The number of anilines is 1. The Morgan fingerprint density at radius 2 is 2.12 bits per heavy atom. The molecule has 26 heavy (non-hydrogen) atoms. The summed E-state index contributed by atoms with van der Waals surface area (Å²) in [7, 11) is 0. The van der Waals surface area contributed by atoms with Gasteiger partial charge in [0.05, 0.1) is 17.1 Å². The maximum absolute atomic E-state index is 12.8. The Hall–Kier alpha value is -2.67. The highest BCUT2D eigenvalue weighted by atomic mass is 32.2. The fourth-order valence-electron chi connectivity index (χ4n) is 3.06. The molecule has 132 valence electrons. The first kappa shape index (κ1) is 16.8. The van der Waals surface area contributed by atoms with Crippen molar-refractivity contribution in [3.63, 3.8) is 0 Å². The highest BCUT2D eigenvalue weighted by Crippen LogP contribution is 2.27. The minimum Gasteiger partial charge on any atom is -0.325 e. The summed E-state index contributed by atoms with van der Waals surface area (Å²) < 4.78 is 1.60. The predicted molar refractivity (Wildman–Crippen MR) is 103 cm³/mol. The van der Waals surface area contributed by atoms with E-state index in [4.69, 9.17) is 0 Å². The molecular formula is C19H18N4O2S. The lowest BCUT2D eigenvalue weighted by Gasteiger charge is -2.24. The Morgan fingerprint density at radius 1 is 1.27 bits per heavy atom. The van der Waals surface area contributed by atoms with E-state index >= 15 is 0 Å². The second-order valence-corrected chi connectivity index (χ2v) is 7.45. The van der Waals surface area contributed by atoms with E-state index < -0.39 is 0 Å². The second kappa shape index (κ2) is 6.57. The number of nitrogens with zero attached hydrogens (tertiary/aromatic N) is 3. The summed E-state index contributed by atoms with van der Waals surface area (Å²) in [5.74, 6) is 0.218. The van der Waals surface area contributed by atoms with E-state index in [1.165, 1.54) is 11.8 Å². The Morgan fingerprint density at radius 3 is 2.96 bits per heavy atom. The summed E-state index contributed by atoms with van der Waals surface area (Å²) in [6, 6.07) is 9.58. The van der Waals surface area contributed by atoms with Crippen LogP contribution in [-0.4, -0.2) is 26.2 Å². The highest BCUT2D eigenvalue weighted by Gasteiger charge is 2.27. The van der Waals surface area contributed by atoms with Crippen molar-refractivity contribution in [1.29, 1.82) is 0 Å². The average molecular weight is 366 g/mol. The molecule has 1 unspecified atom stereocenters. The lowest BCUT2D eigenvalue weighted by molar-refractivity contribution is -0.119. The number of fused-ring (bicyclic) bond motifs is 2. The number of hydrogen-bond acceptors (Lipinski definition) is 5. The van der Waals surface area contributed by atoms with Crippen LogP contribution >= 0.6 is 11.8 Å². The van der Waals surface area contributed by atoms with Crippen molar-refractivity contribution in [2.45, 2.75) is 25.5 Å². The molecule has 0 fully saturated rings. The van der Waals surface area contributed by atoms with Crippen LogP contribution in [0.25, 0.3) is 10.9 Å². The molecule has 1 aromatic carbocycles. The SMILES string of the molecule is Cc1ccc2c(NC(=O)C3CSc4ncc(C)c(=O)n4C3)cccc2n1. The normalized spacial score (nSPS) is 16.3. The van der Waals surface area contributed by atoms with Gasteiger partial charge in [-0.05, 0) is 38.1 Å². The van der Waals surface area contributed by atoms with E-state index in [9.17, 15) is 9.59 Å². The zero-order valence-electron chi connectivity index (χ0n) is 14.5. The molecule has 0 spiro atoms. The van der Waals surface area contributed by atoms with Gasteiger partial charge in [-0.25, -0.2) is 4.98 Å². The van der Waals surface area contributed by atoms with Crippen LogP contribution in [0.15, 0.2) is 46.5 Å². The Balaban J connectivity index is 1.60. The monoisotopic (exact) mass is 366 g/mol. The summed E-state index contributed by atoms with van der Waals surface area (Å²) in [6.07, 6.45) is 1.59. The van der Waals surface area contributed by atoms with Crippen molar-refractivity contribution < 1.29 is 4.79 Å². The molecule has 6 nitrogen and oxygen atoms in total. The van der Waals surface area contributed by atoms with E-state index in [0.717, 1.165) is 22.3 Å². The fraction of sp³-hybridized carbons (Fsp3) is 0.263. The molecule has 1 amide bonds. The van der Waals surface area contributed by atoms with Gasteiger partial charge in [-0.2, -0.15) is 0 Å². The Labute approximate surface area is 154 Å². The smallest absolute Gasteiger partial charge is 0.257 e. The first-order chi connectivity index (χ1) is 12.5. The topological polar surface area (TPSA) is 76.9 Å². The third-order valence-electron chi connectivity index (χ3n) is 4.50. The zero-order chi connectivity index (χ0) is 18.3. The summed E-state index contributed by atoms with van der Waals surface area (Å²) in [4.78, 5) is 33.9. The van der Waals surface area contributed by atoms with Crippen molar-refractivity contribution in [3.8, 4) is 0 Å². The number of carbonyl (C=O) groups is 1. The molecule has 3 aromatic rings. The number of rotatable bonds is 2. The molecule has 0 saturated carbocycles. The summed E-state index contributed by atoms with van der Waals surface area (Å²) in [6.45, 7) is 4.03. The van der Waals surface area contributed by atoms with Crippen LogP contribution in [0.1, 0.15) is 11.3 Å². The average Bonchev–Trinajstić information content (AvgIpc) is 2.64. The van der Waals surface area contributed by atoms with Gasteiger partial charge in [0, 0.05) is 35.1 Å². The predicted octanol–water partition coefficient (Wildman–Crippen LogP) is 2.77. The Kier molecular flexibility index (Phi) is 4.24. The lowest BCUT2D eigenvalue weighted by Crippen LogP contribution is -2.37. The van der Waals surface area contributed by atoms with Gasteiger partial charge in [-0.1, -0.05) is 17.8 Å². The minimum absolute atomic E-state index is 0.0789. The first-order valence-electron chi connectivity index (χ1n) is 8.39. The van der Waals surface area contributed by atoms with Crippen molar-refractivity contribution in [2.24, 2.45) is 5.92 Å². The maximum Gasteiger partial charge on any atom is 0.257 e. The summed E-state index contributed by atoms with van der Waals surface area (Å²) in [5.41, 5.74) is 3.03. The molecule has 7 heteroatoms. The minimum atomic E-state index is -0.289. The molecule has 1 N–H and O–H groups in total. The van der Waals surface area contributed by atoms with Gasteiger partial charge in [-0.15, -0.1) is 0 Å². The molecule has 4 rings (SSSR count). The van der Waals surface area contributed by atoms with Crippen LogP contribution in [0, 0.1) is 19.8 Å². The Bertz CT molecular complexity index is 1080. The van der Waals surface area contributed by atoms with Gasteiger partial charge in [-0.3, -0.25) is 19.1 Å². The number of thioether (sulfide) groups is 1. The number of pyridine rings is 1. The van der Waals surface area contributed by atoms with Gasteiger partial charge in [0.15, 0.2) is 5.16 Å². The zero-order valence-corrected chi connectivity index (χ0v) is 15.3. The van der Waals surface area contributed by atoms with Gasteiger partial charge in [0.2, 0.25) is 5.91 Å². The van der Waals surface area contributed by atoms with E-state index in [0.29, 0.717) is 23.0 Å². The van der Waals surface area contributed by atoms with Crippen molar-refractivity contribution in [1.82, 2.24) is 14.5 Å². The van der Waals surface area contributed by atoms with E-state index in [1.807, 2.05) is 37.3 Å². The lowest BCUT2D eigenvalue weighted by atomic mass is 10.1. The van der Waals surface area contributed by atoms with Crippen LogP contribution in [0.3, 0.4) is 0 Å². The third kappa shape index (κ3) is 2.99. The molecule has 1 aliphatic heterocycles. The van der Waals surface area contributed by atoms with Crippen LogP contribution in [0.5, 0.6) is 0 Å². The highest BCUT2D eigenvalue weighted by molar-refractivity contribution is 7.99. The largest absolute Gasteiger partial charge is 0.325 e. The van der Waals surface area contributed by atoms with E-state index in [2.05, 4.69) is 15.3 Å². The number of aryl methyl sites for hydroxylation is 2. The molecule has 0 aliphatic carbocycles. The second-order valence-electron chi connectivity index (χ2n) is 6.46. The van der Waals surface area contributed by atoms with Crippen molar-refractivity contribution in [3.05, 3.63) is 58.1 Å². The van der Waals surface area contributed by atoms with Crippen LogP contribution < -0.4 is 10.9 Å².